The number of aryl methyl sites for hydroxylation is 1. The molecule has 5 nitrogen and oxygen atoms in total. The first kappa shape index (κ1) is 16.4. The summed E-state index contributed by atoms with van der Waals surface area (Å²) in [5.74, 6) is -0.752. The largest absolute Gasteiger partial charge is 0.465 e. The number of carbonyl (C=O) groups is 2. The molecule has 1 N–H and O–H groups in total. The van der Waals surface area contributed by atoms with Gasteiger partial charge in [0.25, 0.3) is 5.91 Å². The zero-order valence-electron chi connectivity index (χ0n) is 12.9. The zero-order valence-corrected chi connectivity index (χ0v) is 14.5. The maximum atomic E-state index is 12.3. The third kappa shape index (κ3) is 3.11. The van der Waals surface area contributed by atoms with Crippen molar-refractivity contribution in [2.45, 2.75) is 6.92 Å². The number of esters is 1. The van der Waals surface area contributed by atoms with Crippen molar-refractivity contribution in [2.75, 3.05) is 12.4 Å². The minimum Gasteiger partial charge on any atom is -0.465 e. The minimum absolute atomic E-state index is 0.306. The van der Waals surface area contributed by atoms with E-state index in [4.69, 9.17) is 11.6 Å². The van der Waals surface area contributed by atoms with Gasteiger partial charge in [-0.05, 0) is 42.8 Å². The van der Waals surface area contributed by atoms with E-state index in [2.05, 4.69) is 15.0 Å². The number of ether oxygens (including phenoxy) is 1. The molecule has 0 saturated heterocycles. The van der Waals surface area contributed by atoms with Crippen LogP contribution < -0.4 is 5.32 Å². The number of hydrogen-bond acceptors (Lipinski definition) is 5. The predicted molar refractivity (Wildman–Crippen MR) is 95.1 cm³/mol. The molecule has 0 saturated carbocycles. The molecular weight excluding hydrogens is 348 g/mol. The molecule has 0 aliphatic rings. The summed E-state index contributed by atoms with van der Waals surface area (Å²) in [7, 11) is 1.31. The van der Waals surface area contributed by atoms with Crippen molar-refractivity contribution in [3.63, 3.8) is 0 Å². The van der Waals surface area contributed by atoms with Gasteiger partial charge in [0.1, 0.15) is 0 Å². The van der Waals surface area contributed by atoms with E-state index in [0.717, 1.165) is 15.8 Å². The van der Waals surface area contributed by atoms with E-state index in [0.29, 0.717) is 21.3 Å². The molecule has 3 aromatic rings. The molecule has 0 atom stereocenters. The Morgan fingerprint density at radius 3 is 2.42 bits per heavy atom. The Labute approximate surface area is 147 Å². The van der Waals surface area contributed by atoms with E-state index in [-0.39, 0.29) is 5.91 Å². The zero-order chi connectivity index (χ0) is 17.3. The van der Waals surface area contributed by atoms with Crippen LogP contribution in [0.5, 0.6) is 0 Å². The summed E-state index contributed by atoms with van der Waals surface area (Å²) in [6, 6.07) is 9.91. The SMILES string of the molecule is COC(=O)c1ccc(C(=O)Nc2nc3c(C)ccc(Cl)c3s2)cc1. The van der Waals surface area contributed by atoms with Gasteiger partial charge in [-0.15, -0.1) is 0 Å². The van der Waals surface area contributed by atoms with Gasteiger partial charge >= 0.3 is 5.97 Å². The smallest absolute Gasteiger partial charge is 0.337 e. The van der Waals surface area contributed by atoms with Gasteiger partial charge < -0.3 is 4.74 Å². The fourth-order valence-electron chi connectivity index (χ4n) is 2.20. The normalized spacial score (nSPS) is 10.6. The molecule has 122 valence electrons. The molecule has 0 aliphatic carbocycles. The Morgan fingerprint density at radius 2 is 1.79 bits per heavy atom. The molecule has 0 unspecified atom stereocenters. The molecule has 0 radical (unpaired) electrons. The summed E-state index contributed by atoms with van der Waals surface area (Å²) in [6.45, 7) is 1.94. The van der Waals surface area contributed by atoms with Crippen LogP contribution in [0.3, 0.4) is 0 Å². The molecule has 24 heavy (non-hydrogen) atoms. The summed E-state index contributed by atoms with van der Waals surface area (Å²) in [4.78, 5) is 28.1. The number of halogens is 1. The molecule has 3 rings (SSSR count). The van der Waals surface area contributed by atoms with Crippen LogP contribution in [0.15, 0.2) is 36.4 Å². The van der Waals surface area contributed by atoms with Crippen LogP contribution in [-0.4, -0.2) is 24.0 Å². The van der Waals surface area contributed by atoms with Gasteiger partial charge in [-0.3, -0.25) is 10.1 Å². The van der Waals surface area contributed by atoms with Crippen LogP contribution in [-0.2, 0) is 4.74 Å². The van der Waals surface area contributed by atoms with Crippen molar-refractivity contribution in [3.8, 4) is 0 Å². The first-order chi connectivity index (χ1) is 11.5. The number of anilines is 1. The van der Waals surface area contributed by atoms with Crippen LogP contribution in [0, 0.1) is 6.92 Å². The molecule has 1 amide bonds. The number of fused-ring (bicyclic) bond motifs is 1. The van der Waals surface area contributed by atoms with Gasteiger partial charge in [0.05, 0.1) is 27.9 Å². The summed E-state index contributed by atoms with van der Waals surface area (Å²) in [6.07, 6.45) is 0. The van der Waals surface area contributed by atoms with Crippen LogP contribution in [0.25, 0.3) is 10.2 Å². The first-order valence-corrected chi connectivity index (χ1v) is 8.24. The second-order valence-electron chi connectivity index (χ2n) is 5.08. The number of benzene rings is 2. The second kappa shape index (κ2) is 6.59. The highest BCUT2D eigenvalue weighted by atomic mass is 35.5. The number of nitrogens with zero attached hydrogens (tertiary/aromatic N) is 1. The lowest BCUT2D eigenvalue weighted by molar-refractivity contribution is 0.0600. The van der Waals surface area contributed by atoms with E-state index in [1.807, 2.05) is 19.1 Å². The van der Waals surface area contributed by atoms with Gasteiger partial charge in [0.15, 0.2) is 5.13 Å². The maximum absolute atomic E-state index is 12.3. The lowest BCUT2D eigenvalue weighted by Crippen LogP contribution is -2.12. The Morgan fingerprint density at radius 1 is 1.12 bits per heavy atom. The summed E-state index contributed by atoms with van der Waals surface area (Å²) in [5, 5.41) is 3.84. The topological polar surface area (TPSA) is 68.3 Å². The summed E-state index contributed by atoms with van der Waals surface area (Å²) in [5.41, 5.74) is 2.58. The van der Waals surface area contributed by atoms with E-state index in [1.165, 1.54) is 18.4 Å². The van der Waals surface area contributed by atoms with Gasteiger partial charge in [-0.2, -0.15) is 0 Å². The van der Waals surface area contributed by atoms with Crippen molar-refractivity contribution >= 4 is 50.2 Å². The van der Waals surface area contributed by atoms with Crippen molar-refractivity contribution in [2.24, 2.45) is 0 Å². The number of thiazole rings is 1. The average Bonchev–Trinajstić information content (AvgIpc) is 3.02. The van der Waals surface area contributed by atoms with Crippen LogP contribution in [0.1, 0.15) is 26.3 Å². The van der Waals surface area contributed by atoms with E-state index >= 15 is 0 Å². The van der Waals surface area contributed by atoms with Crippen LogP contribution in [0.4, 0.5) is 5.13 Å². The molecule has 0 spiro atoms. The van der Waals surface area contributed by atoms with Crippen molar-refractivity contribution in [3.05, 3.63) is 58.1 Å². The number of rotatable bonds is 3. The van der Waals surface area contributed by atoms with E-state index in [1.54, 1.807) is 24.3 Å². The number of hydrogen-bond donors (Lipinski definition) is 1. The van der Waals surface area contributed by atoms with Crippen molar-refractivity contribution < 1.29 is 14.3 Å². The van der Waals surface area contributed by atoms with Crippen LogP contribution >= 0.6 is 22.9 Å². The molecule has 7 heteroatoms. The Balaban J connectivity index is 1.83. The monoisotopic (exact) mass is 360 g/mol. The first-order valence-electron chi connectivity index (χ1n) is 7.05. The van der Waals surface area contributed by atoms with Crippen LogP contribution in [0.2, 0.25) is 5.02 Å². The van der Waals surface area contributed by atoms with Gasteiger partial charge in [-0.1, -0.05) is 29.0 Å². The lowest BCUT2D eigenvalue weighted by atomic mass is 10.1. The van der Waals surface area contributed by atoms with E-state index in [9.17, 15) is 9.59 Å². The molecule has 0 bridgehead atoms. The molecule has 0 aliphatic heterocycles. The van der Waals surface area contributed by atoms with Gasteiger partial charge in [0.2, 0.25) is 0 Å². The fraction of sp³-hybridized carbons (Fsp3) is 0.118. The van der Waals surface area contributed by atoms with Gasteiger partial charge in [-0.25, -0.2) is 9.78 Å². The van der Waals surface area contributed by atoms with Gasteiger partial charge in [0, 0.05) is 5.56 Å². The molecule has 1 heterocycles. The summed E-state index contributed by atoms with van der Waals surface area (Å²) >= 11 is 7.49. The molecular formula is C17H13ClN2O3S. The molecule has 0 fully saturated rings. The highest BCUT2D eigenvalue weighted by Gasteiger charge is 2.13. The Hall–Kier alpha value is -2.44. The highest BCUT2D eigenvalue weighted by Crippen LogP contribution is 2.33. The minimum atomic E-state index is -0.446. The maximum Gasteiger partial charge on any atom is 0.337 e. The third-order valence-corrected chi connectivity index (χ3v) is 4.92. The summed E-state index contributed by atoms with van der Waals surface area (Å²) < 4.78 is 5.47. The predicted octanol–water partition coefficient (Wildman–Crippen LogP) is 4.30. The number of amides is 1. The van der Waals surface area contributed by atoms with E-state index < -0.39 is 5.97 Å². The standard InChI is InChI=1S/C17H13ClN2O3S/c1-9-3-8-12(18)14-13(9)19-17(24-14)20-15(21)10-4-6-11(7-5-10)16(22)23-2/h3-8H,1-2H3,(H,19,20,21). The average molecular weight is 361 g/mol. The Bertz CT molecular complexity index is 896. The number of aromatic nitrogens is 1. The third-order valence-electron chi connectivity index (χ3n) is 3.49. The number of carbonyl (C=O) groups excluding carboxylic acids is 2. The Kier molecular flexibility index (Phi) is 4.51. The van der Waals surface area contributed by atoms with Crippen molar-refractivity contribution in [1.29, 1.82) is 0 Å². The molecule has 2 aromatic carbocycles. The second-order valence-corrected chi connectivity index (χ2v) is 6.49. The fourth-order valence-corrected chi connectivity index (χ4v) is 3.41. The lowest BCUT2D eigenvalue weighted by Gasteiger charge is -2.03. The quantitative estimate of drug-likeness (QED) is 0.707. The van der Waals surface area contributed by atoms with Crippen molar-refractivity contribution in [1.82, 2.24) is 4.98 Å². The molecule has 1 aromatic heterocycles. The highest BCUT2D eigenvalue weighted by molar-refractivity contribution is 7.23. The number of nitrogens with one attached hydrogen (secondary N) is 1. The number of methoxy groups -OCH3 is 1.